The van der Waals surface area contributed by atoms with E-state index in [2.05, 4.69) is 10.4 Å². The summed E-state index contributed by atoms with van der Waals surface area (Å²) < 4.78 is 11.7. The Morgan fingerprint density at radius 3 is 2.72 bits per heavy atom. The lowest BCUT2D eigenvalue weighted by molar-refractivity contribution is -0.117. The van der Waals surface area contributed by atoms with Gasteiger partial charge in [0.2, 0.25) is 12.7 Å². The van der Waals surface area contributed by atoms with Gasteiger partial charge in [-0.25, -0.2) is 4.68 Å². The predicted octanol–water partition coefficient (Wildman–Crippen LogP) is 2.48. The first kappa shape index (κ1) is 18.4. The number of carbonyl (C=O) groups excluding carboxylic acids is 2. The summed E-state index contributed by atoms with van der Waals surface area (Å²) in [5.74, 6) is 0.720. The molecule has 0 unspecified atom stereocenters. The Morgan fingerprint density at radius 1 is 1.07 bits per heavy atom. The van der Waals surface area contributed by atoms with Gasteiger partial charge in [-0.1, -0.05) is 12.1 Å². The van der Waals surface area contributed by atoms with Gasteiger partial charge in [0.05, 0.1) is 5.69 Å². The first-order valence-electron chi connectivity index (χ1n) is 8.89. The lowest BCUT2D eigenvalue weighted by Gasteiger charge is -2.09. The van der Waals surface area contributed by atoms with Crippen molar-refractivity contribution in [2.24, 2.45) is 0 Å². The molecular formula is C21H17N3O5. The van der Waals surface area contributed by atoms with Gasteiger partial charge >= 0.3 is 0 Å². The molecule has 146 valence electrons. The second-order valence-electron chi connectivity index (χ2n) is 6.47. The third kappa shape index (κ3) is 4.01. The molecule has 0 atom stereocenters. The topological polar surface area (TPSA) is 99.5 Å². The van der Waals surface area contributed by atoms with E-state index in [1.54, 1.807) is 48.5 Å². The maximum absolute atomic E-state index is 12.4. The smallest absolute Gasteiger partial charge is 0.267 e. The van der Waals surface area contributed by atoms with Crippen LogP contribution < -0.4 is 20.3 Å². The van der Waals surface area contributed by atoms with Crippen molar-refractivity contribution in [3.8, 4) is 22.8 Å². The first-order valence-corrected chi connectivity index (χ1v) is 8.89. The van der Waals surface area contributed by atoms with E-state index in [9.17, 15) is 14.4 Å². The van der Waals surface area contributed by atoms with Gasteiger partial charge in [-0.05, 0) is 43.3 Å². The van der Waals surface area contributed by atoms with Gasteiger partial charge in [0.25, 0.3) is 5.56 Å². The van der Waals surface area contributed by atoms with Gasteiger partial charge in [0.15, 0.2) is 17.3 Å². The molecule has 8 heteroatoms. The van der Waals surface area contributed by atoms with Crippen molar-refractivity contribution >= 4 is 17.4 Å². The molecule has 2 aromatic carbocycles. The summed E-state index contributed by atoms with van der Waals surface area (Å²) in [7, 11) is 0. The van der Waals surface area contributed by atoms with E-state index in [4.69, 9.17) is 9.47 Å². The SMILES string of the molecule is CC(=O)c1cccc(NC(=O)Cn2nc(-c3ccc4c(c3)OCO4)ccc2=O)c1. The van der Waals surface area contributed by atoms with Gasteiger partial charge in [-0.2, -0.15) is 5.10 Å². The lowest BCUT2D eigenvalue weighted by atomic mass is 10.1. The van der Waals surface area contributed by atoms with Crippen molar-refractivity contribution in [1.29, 1.82) is 0 Å². The Balaban J connectivity index is 1.54. The molecule has 1 aromatic heterocycles. The Hall–Kier alpha value is -3.94. The molecule has 1 aliphatic rings. The minimum absolute atomic E-state index is 0.101. The maximum atomic E-state index is 12.4. The van der Waals surface area contributed by atoms with E-state index in [-0.39, 0.29) is 19.1 Å². The van der Waals surface area contributed by atoms with Crippen LogP contribution in [0.15, 0.2) is 59.4 Å². The number of nitrogens with zero attached hydrogens (tertiary/aromatic N) is 2. The van der Waals surface area contributed by atoms with Crippen LogP contribution in [0.3, 0.4) is 0 Å². The van der Waals surface area contributed by atoms with Crippen molar-refractivity contribution in [2.45, 2.75) is 13.5 Å². The monoisotopic (exact) mass is 391 g/mol. The number of fused-ring (bicyclic) bond motifs is 1. The third-order valence-corrected chi connectivity index (χ3v) is 4.38. The van der Waals surface area contributed by atoms with Gasteiger partial charge in [0, 0.05) is 22.9 Å². The highest BCUT2D eigenvalue weighted by atomic mass is 16.7. The van der Waals surface area contributed by atoms with Crippen LogP contribution in [0.25, 0.3) is 11.3 Å². The molecule has 0 radical (unpaired) electrons. The van der Waals surface area contributed by atoms with Crippen molar-refractivity contribution in [1.82, 2.24) is 9.78 Å². The van der Waals surface area contributed by atoms with Crippen LogP contribution in [0.1, 0.15) is 17.3 Å². The number of ether oxygens (including phenoxy) is 2. The van der Waals surface area contributed by atoms with Crippen LogP contribution in [0.2, 0.25) is 0 Å². The van der Waals surface area contributed by atoms with Crippen molar-refractivity contribution in [2.75, 3.05) is 12.1 Å². The quantitative estimate of drug-likeness (QED) is 0.671. The molecule has 1 N–H and O–H groups in total. The molecule has 2 heterocycles. The molecule has 8 nitrogen and oxygen atoms in total. The standard InChI is InChI=1S/C21H17N3O5/c1-13(25)14-3-2-4-16(9-14)22-20(26)11-24-21(27)8-6-17(23-24)15-5-7-18-19(10-15)29-12-28-18/h2-10H,11-12H2,1H3,(H,22,26). The molecule has 0 saturated carbocycles. The second kappa shape index (κ2) is 7.59. The molecule has 0 saturated heterocycles. The summed E-state index contributed by atoms with van der Waals surface area (Å²) in [6.45, 7) is 1.35. The average Bonchev–Trinajstić information content (AvgIpc) is 3.17. The summed E-state index contributed by atoms with van der Waals surface area (Å²) in [5, 5.41) is 6.97. The molecule has 0 bridgehead atoms. The Kier molecular flexibility index (Phi) is 4.82. The molecule has 1 aliphatic heterocycles. The molecule has 1 amide bonds. The number of benzene rings is 2. The Labute approximate surface area is 165 Å². The Bertz CT molecular complexity index is 1170. The van der Waals surface area contributed by atoms with Crippen LogP contribution in [-0.4, -0.2) is 28.3 Å². The summed E-state index contributed by atoms with van der Waals surface area (Å²) in [4.78, 5) is 36.0. The number of hydrogen-bond acceptors (Lipinski definition) is 6. The zero-order chi connectivity index (χ0) is 20.4. The number of hydrogen-bond donors (Lipinski definition) is 1. The Morgan fingerprint density at radius 2 is 1.90 bits per heavy atom. The van der Waals surface area contributed by atoms with Gasteiger partial charge in [0.1, 0.15) is 6.54 Å². The normalized spacial score (nSPS) is 11.9. The number of anilines is 1. The molecule has 3 aromatic rings. The van der Waals surface area contributed by atoms with E-state index in [1.165, 1.54) is 13.0 Å². The summed E-state index contributed by atoms with van der Waals surface area (Å²) in [6, 6.07) is 14.9. The minimum Gasteiger partial charge on any atom is -0.454 e. The van der Waals surface area contributed by atoms with Crippen LogP contribution in [-0.2, 0) is 11.3 Å². The van der Waals surface area contributed by atoms with Crippen LogP contribution in [0.5, 0.6) is 11.5 Å². The predicted molar refractivity (Wildman–Crippen MR) is 105 cm³/mol. The van der Waals surface area contributed by atoms with Gasteiger partial charge in [-0.15, -0.1) is 0 Å². The number of rotatable bonds is 5. The lowest BCUT2D eigenvalue weighted by Crippen LogP contribution is -2.29. The van der Waals surface area contributed by atoms with E-state index >= 15 is 0 Å². The van der Waals surface area contributed by atoms with E-state index in [0.717, 1.165) is 10.2 Å². The van der Waals surface area contributed by atoms with Crippen LogP contribution >= 0.6 is 0 Å². The highest BCUT2D eigenvalue weighted by molar-refractivity contribution is 5.97. The highest BCUT2D eigenvalue weighted by Crippen LogP contribution is 2.35. The van der Waals surface area contributed by atoms with E-state index in [1.807, 2.05) is 0 Å². The van der Waals surface area contributed by atoms with Gasteiger partial charge < -0.3 is 14.8 Å². The summed E-state index contributed by atoms with van der Waals surface area (Å²) >= 11 is 0. The number of carbonyl (C=O) groups is 2. The maximum Gasteiger partial charge on any atom is 0.267 e. The fraction of sp³-hybridized carbons (Fsp3) is 0.143. The minimum atomic E-state index is -0.428. The largest absolute Gasteiger partial charge is 0.454 e. The fourth-order valence-electron chi connectivity index (χ4n) is 2.92. The van der Waals surface area contributed by atoms with Crippen LogP contribution in [0.4, 0.5) is 5.69 Å². The number of nitrogens with one attached hydrogen (secondary N) is 1. The number of Topliss-reactive ketones (excluding diaryl/α,β-unsaturated/α-hetero) is 1. The molecule has 0 fully saturated rings. The number of ketones is 1. The van der Waals surface area contributed by atoms with Crippen molar-refractivity contribution in [3.63, 3.8) is 0 Å². The fourth-order valence-corrected chi connectivity index (χ4v) is 2.92. The van der Waals surface area contributed by atoms with Crippen molar-refractivity contribution in [3.05, 3.63) is 70.5 Å². The van der Waals surface area contributed by atoms with Gasteiger partial charge in [-0.3, -0.25) is 14.4 Å². The highest BCUT2D eigenvalue weighted by Gasteiger charge is 2.15. The zero-order valence-corrected chi connectivity index (χ0v) is 15.5. The van der Waals surface area contributed by atoms with Crippen molar-refractivity contribution < 1.29 is 19.1 Å². The summed E-state index contributed by atoms with van der Waals surface area (Å²) in [5.41, 5.74) is 1.82. The first-order chi connectivity index (χ1) is 14.0. The summed E-state index contributed by atoms with van der Waals surface area (Å²) in [6.07, 6.45) is 0. The number of amides is 1. The van der Waals surface area contributed by atoms with Crippen LogP contribution in [0, 0.1) is 0 Å². The van der Waals surface area contributed by atoms with E-state index in [0.29, 0.717) is 28.4 Å². The molecule has 0 spiro atoms. The number of aromatic nitrogens is 2. The molecule has 29 heavy (non-hydrogen) atoms. The average molecular weight is 391 g/mol. The second-order valence-corrected chi connectivity index (χ2v) is 6.47. The molecular weight excluding hydrogens is 374 g/mol. The van der Waals surface area contributed by atoms with E-state index < -0.39 is 11.5 Å². The third-order valence-electron chi connectivity index (χ3n) is 4.38. The molecule has 0 aliphatic carbocycles. The molecule has 4 rings (SSSR count). The zero-order valence-electron chi connectivity index (χ0n) is 15.5.